The van der Waals surface area contributed by atoms with E-state index in [0.717, 1.165) is 18.7 Å². The van der Waals surface area contributed by atoms with Gasteiger partial charge in [0.15, 0.2) is 0 Å². The lowest BCUT2D eigenvalue weighted by Crippen LogP contribution is -2.44. The molecule has 0 aromatic heterocycles. The molecular formula is C15H25N3O2S. The molecule has 1 atom stereocenters. The fraction of sp³-hybridized carbons (Fsp3) is 0.600. The number of hydrogen-bond donors (Lipinski definition) is 2. The van der Waals surface area contributed by atoms with E-state index in [9.17, 15) is 8.42 Å². The van der Waals surface area contributed by atoms with E-state index < -0.39 is 10.0 Å². The highest BCUT2D eigenvalue weighted by atomic mass is 32.2. The highest BCUT2D eigenvalue weighted by Crippen LogP contribution is 2.17. The van der Waals surface area contributed by atoms with Crippen LogP contribution in [0.2, 0.25) is 0 Å². The van der Waals surface area contributed by atoms with Crippen molar-refractivity contribution in [3.63, 3.8) is 0 Å². The molecule has 0 radical (unpaired) electrons. The molecule has 1 saturated heterocycles. The molecule has 1 aliphatic heterocycles. The summed E-state index contributed by atoms with van der Waals surface area (Å²) in [4.78, 5) is 2.59. The number of nitrogens with zero attached hydrogens (tertiary/aromatic N) is 1. The Morgan fingerprint density at radius 1 is 1.24 bits per heavy atom. The van der Waals surface area contributed by atoms with Crippen molar-refractivity contribution in [2.75, 3.05) is 25.4 Å². The van der Waals surface area contributed by atoms with Crippen molar-refractivity contribution in [2.24, 2.45) is 0 Å². The van der Waals surface area contributed by atoms with Gasteiger partial charge in [-0.2, -0.15) is 0 Å². The molecular weight excluding hydrogens is 286 g/mol. The van der Waals surface area contributed by atoms with Gasteiger partial charge in [-0.1, -0.05) is 6.42 Å². The minimum absolute atomic E-state index is 0.210. The minimum atomic E-state index is -3.50. The highest BCUT2D eigenvalue weighted by molar-refractivity contribution is 7.89. The molecule has 1 aromatic rings. The van der Waals surface area contributed by atoms with Crippen LogP contribution in [0.4, 0.5) is 5.69 Å². The van der Waals surface area contributed by atoms with Crippen LogP contribution < -0.4 is 10.5 Å². The Bertz CT molecular complexity index is 560. The number of hydrogen-bond acceptors (Lipinski definition) is 4. The summed E-state index contributed by atoms with van der Waals surface area (Å²) in [6.45, 7) is 6.45. The maximum absolute atomic E-state index is 12.3. The third-order valence-corrected chi connectivity index (χ3v) is 5.37. The Balaban J connectivity index is 2.00. The van der Waals surface area contributed by atoms with Crippen molar-refractivity contribution in [2.45, 2.75) is 44.0 Å². The number of nitrogens with one attached hydrogen (secondary N) is 1. The first-order valence-electron chi connectivity index (χ1n) is 7.49. The molecule has 0 aliphatic carbocycles. The SMILES string of the molecule is Cc1cc(N)cc(S(=O)(=O)NCC(C)N2CCCCC2)c1. The lowest BCUT2D eigenvalue weighted by atomic mass is 10.1. The van der Waals surface area contributed by atoms with E-state index in [1.54, 1.807) is 12.1 Å². The summed E-state index contributed by atoms with van der Waals surface area (Å²) in [6.07, 6.45) is 3.68. The Morgan fingerprint density at radius 2 is 1.90 bits per heavy atom. The topological polar surface area (TPSA) is 75.4 Å². The highest BCUT2D eigenvalue weighted by Gasteiger charge is 2.20. The van der Waals surface area contributed by atoms with Crippen LogP contribution in [0, 0.1) is 6.92 Å². The predicted octanol–water partition coefficient (Wildman–Crippen LogP) is 1.73. The van der Waals surface area contributed by atoms with Crippen molar-refractivity contribution in [3.8, 4) is 0 Å². The van der Waals surface area contributed by atoms with E-state index in [0.29, 0.717) is 12.2 Å². The Hall–Kier alpha value is -1.11. The minimum Gasteiger partial charge on any atom is -0.399 e. The number of anilines is 1. The predicted molar refractivity (Wildman–Crippen MR) is 85.7 cm³/mol. The number of benzene rings is 1. The Morgan fingerprint density at radius 3 is 2.52 bits per heavy atom. The third kappa shape index (κ3) is 4.43. The van der Waals surface area contributed by atoms with Gasteiger partial charge in [0.05, 0.1) is 4.90 Å². The van der Waals surface area contributed by atoms with Gasteiger partial charge in [0, 0.05) is 18.3 Å². The second kappa shape index (κ2) is 6.77. The smallest absolute Gasteiger partial charge is 0.240 e. The third-order valence-electron chi connectivity index (χ3n) is 3.97. The molecule has 0 amide bonds. The van der Waals surface area contributed by atoms with Crippen LogP contribution in [0.3, 0.4) is 0 Å². The molecule has 5 nitrogen and oxygen atoms in total. The molecule has 1 unspecified atom stereocenters. The second-order valence-corrected chi connectivity index (χ2v) is 7.64. The fourth-order valence-corrected chi connectivity index (χ4v) is 3.99. The first-order chi connectivity index (χ1) is 9.88. The van der Waals surface area contributed by atoms with Crippen LogP contribution in [-0.2, 0) is 10.0 Å². The number of nitrogen functional groups attached to an aromatic ring is 1. The van der Waals surface area contributed by atoms with E-state index in [1.807, 2.05) is 6.92 Å². The molecule has 6 heteroatoms. The number of piperidine rings is 1. The van der Waals surface area contributed by atoms with Crippen molar-refractivity contribution < 1.29 is 8.42 Å². The standard InChI is InChI=1S/C15H25N3O2S/c1-12-8-14(16)10-15(9-12)21(19,20)17-11-13(2)18-6-4-3-5-7-18/h8-10,13,17H,3-7,11,16H2,1-2H3. The van der Waals surface area contributed by atoms with Gasteiger partial charge in [-0.05, 0) is 63.5 Å². The monoisotopic (exact) mass is 311 g/mol. The van der Waals surface area contributed by atoms with Crippen molar-refractivity contribution in [1.82, 2.24) is 9.62 Å². The molecule has 21 heavy (non-hydrogen) atoms. The summed E-state index contributed by atoms with van der Waals surface area (Å²) >= 11 is 0. The van der Waals surface area contributed by atoms with Gasteiger partial charge in [0.2, 0.25) is 10.0 Å². The van der Waals surface area contributed by atoms with Crippen molar-refractivity contribution in [1.29, 1.82) is 0 Å². The molecule has 2 rings (SSSR count). The molecule has 118 valence electrons. The zero-order valence-electron chi connectivity index (χ0n) is 12.8. The van der Waals surface area contributed by atoms with Gasteiger partial charge in [0.1, 0.15) is 0 Å². The van der Waals surface area contributed by atoms with Gasteiger partial charge < -0.3 is 5.73 Å². The van der Waals surface area contributed by atoms with Crippen LogP contribution in [0.25, 0.3) is 0 Å². The van der Waals surface area contributed by atoms with Crippen molar-refractivity contribution >= 4 is 15.7 Å². The van der Waals surface area contributed by atoms with E-state index in [4.69, 9.17) is 5.73 Å². The number of likely N-dealkylation sites (tertiary alicyclic amines) is 1. The first-order valence-corrected chi connectivity index (χ1v) is 8.98. The van der Waals surface area contributed by atoms with E-state index in [2.05, 4.69) is 16.5 Å². The zero-order chi connectivity index (χ0) is 15.5. The van der Waals surface area contributed by atoms with Crippen LogP contribution in [0.1, 0.15) is 31.7 Å². The number of nitrogens with two attached hydrogens (primary N) is 1. The number of rotatable bonds is 5. The largest absolute Gasteiger partial charge is 0.399 e. The lowest BCUT2D eigenvalue weighted by molar-refractivity contribution is 0.175. The van der Waals surface area contributed by atoms with Gasteiger partial charge >= 0.3 is 0 Å². The second-order valence-electron chi connectivity index (χ2n) is 5.88. The fourth-order valence-electron chi connectivity index (χ4n) is 2.73. The van der Waals surface area contributed by atoms with Crippen LogP contribution in [-0.4, -0.2) is 39.0 Å². The normalized spacial score (nSPS) is 18.6. The molecule has 1 fully saturated rings. The molecule has 0 bridgehead atoms. The van der Waals surface area contributed by atoms with Gasteiger partial charge in [-0.15, -0.1) is 0 Å². The summed E-state index contributed by atoms with van der Waals surface area (Å²) in [7, 11) is -3.50. The van der Waals surface area contributed by atoms with Gasteiger partial charge in [-0.25, -0.2) is 13.1 Å². The maximum Gasteiger partial charge on any atom is 0.240 e. The lowest BCUT2D eigenvalue weighted by Gasteiger charge is -2.32. The number of aryl methyl sites for hydroxylation is 1. The van der Waals surface area contributed by atoms with Crippen LogP contribution >= 0.6 is 0 Å². The molecule has 1 aromatic carbocycles. The summed E-state index contributed by atoms with van der Waals surface area (Å²) in [5, 5.41) is 0. The Kier molecular flexibility index (Phi) is 5.24. The summed E-state index contributed by atoms with van der Waals surface area (Å²) in [5.74, 6) is 0. The molecule has 1 aliphatic rings. The molecule has 0 spiro atoms. The quantitative estimate of drug-likeness (QED) is 0.812. The zero-order valence-corrected chi connectivity index (χ0v) is 13.6. The Labute approximate surface area is 127 Å². The van der Waals surface area contributed by atoms with Gasteiger partial charge in [0.25, 0.3) is 0 Å². The molecule has 3 N–H and O–H groups in total. The first kappa shape index (κ1) is 16.3. The molecule has 1 heterocycles. The maximum atomic E-state index is 12.3. The van der Waals surface area contributed by atoms with Crippen LogP contribution in [0.5, 0.6) is 0 Å². The average Bonchev–Trinajstić information content (AvgIpc) is 2.45. The van der Waals surface area contributed by atoms with E-state index in [-0.39, 0.29) is 10.9 Å². The van der Waals surface area contributed by atoms with E-state index in [1.165, 1.54) is 25.3 Å². The van der Waals surface area contributed by atoms with Crippen molar-refractivity contribution in [3.05, 3.63) is 23.8 Å². The average molecular weight is 311 g/mol. The summed E-state index contributed by atoms with van der Waals surface area (Å²) < 4.78 is 27.4. The van der Waals surface area contributed by atoms with Gasteiger partial charge in [-0.3, -0.25) is 4.90 Å². The summed E-state index contributed by atoms with van der Waals surface area (Å²) in [6, 6.07) is 5.11. The number of sulfonamides is 1. The molecule has 0 saturated carbocycles. The van der Waals surface area contributed by atoms with Crippen LogP contribution in [0.15, 0.2) is 23.1 Å². The summed E-state index contributed by atoms with van der Waals surface area (Å²) in [5.41, 5.74) is 7.05. The van der Waals surface area contributed by atoms with E-state index >= 15 is 0 Å².